The smallest absolute Gasteiger partial charge is 0.308 e. The van der Waals surface area contributed by atoms with Crippen LogP contribution in [-0.2, 0) is 12.6 Å². The number of nitrogens with zero attached hydrogens (tertiary/aromatic N) is 3. The number of carbonyl (C=O) groups is 1. The van der Waals surface area contributed by atoms with Gasteiger partial charge in [0.15, 0.2) is 5.13 Å². The second-order valence-corrected chi connectivity index (χ2v) is 8.00. The van der Waals surface area contributed by atoms with Crippen LogP contribution < -0.4 is 4.90 Å². The number of aromatic nitrogens is 1. The SMILES string of the molecule is CCc1ccc2nc(N(CCN(C)C)C(=O)c3cccc(C(F)(F)F)c3)sc2c1.Cl. The zero-order valence-corrected chi connectivity index (χ0v) is 18.5. The fourth-order valence-electron chi connectivity index (χ4n) is 2.86. The minimum absolute atomic E-state index is 0. The van der Waals surface area contributed by atoms with Gasteiger partial charge in [0.2, 0.25) is 0 Å². The quantitative estimate of drug-likeness (QED) is 0.490. The third-order valence-electron chi connectivity index (χ3n) is 4.53. The first-order valence-corrected chi connectivity index (χ1v) is 10.0. The number of anilines is 1. The molecule has 0 aliphatic carbocycles. The lowest BCUT2D eigenvalue weighted by molar-refractivity contribution is -0.137. The van der Waals surface area contributed by atoms with Crippen LogP contribution in [0.25, 0.3) is 10.2 Å². The maximum Gasteiger partial charge on any atom is 0.416 e. The van der Waals surface area contributed by atoms with Crippen LogP contribution in [0.1, 0.15) is 28.4 Å². The molecule has 0 N–H and O–H groups in total. The van der Waals surface area contributed by atoms with Gasteiger partial charge in [0, 0.05) is 18.7 Å². The Bertz CT molecular complexity index is 1020. The van der Waals surface area contributed by atoms with Gasteiger partial charge in [-0.1, -0.05) is 30.4 Å². The molecule has 0 spiro atoms. The van der Waals surface area contributed by atoms with Crippen LogP contribution in [0, 0.1) is 0 Å². The van der Waals surface area contributed by atoms with E-state index < -0.39 is 17.6 Å². The van der Waals surface area contributed by atoms with Crippen LogP contribution in [0.15, 0.2) is 42.5 Å². The number of rotatable bonds is 6. The number of amides is 1. The molecule has 1 heterocycles. The first kappa shape index (κ1) is 24.1. The van der Waals surface area contributed by atoms with Gasteiger partial charge in [-0.25, -0.2) is 4.98 Å². The fourth-order valence-corrected chi connectivity index (χ4v) is 3.91. The summed E-state index contributed by atoms with van der Waals surface area (Å²) in [6.07, 6.45) is -3.62. The summed E-state index contributed by atoms with van der Waals surface area (Å²) in [5.74, 6) is -0.493. The summed E-state index contributed by atoms with van der Waals surface area (Å²) in [5.41, 5.74) is 1.09. The third-order valence-corrected chi connectivity index (χ3v) is 5.57. The molecule has 4 nitrogen and oxygen atoms in total. The van der Waals surface area contributed by atoms with Gasteiger partial charge in [-0.3, -0.25) is 9.69 Å². The molecule has 2 aromatic carbocycles. The molecule has 9 heteroatoms. The molecular formula is C21H23ClF3N3OS. The number of thiazole rings is 1. The minimum Gasteiger partial charge on any atom is -0.308 e. The van der Waals surface area contributed by atoms with E-state index in [0.29, 0.717) is 18.2 Å². The highest BCUT2D eigenvalue weighted by molar-refractivity contribution is 7.22. The Morgan fingerprint density at radius 1 is 1.10 bits per heavy atom. The first-order chi connectivity index (χ1) is 13.7. The lowest BCUT2D eigenvalue weighted by atomic mass is 10.1. The van der Waals surface area contributed by atoms with Crippen molar-refractivity contribution < 1.29 is 18.0 Å². The van der Waals surface area contributed by atoms with Crippen LogP contribution >= 0.6 is 23.7 Å². The van der Waals surface area contributed by atoms with Gasteiger partial charge in [0.05, 0.1) is 15.8 Å². The number of benzene rings is 2. The molecule has 3 aromatic rings. The molecule has 0 aliphatic heterocycles. The van der Waals surface area contributed by atoms with Crippen molar-refractivity contribution in [2.75, 3.05) is 32.1 Å². The van der Waals surface area contributed by atoms with Gasteiger partial charge in [-0.05, 0) is 56.4 Å². The molecule has 162 valence electrons. The molecule has 0 radical (unpaired) electrons. The van der Waals surface area contributed by atoms with E-state index in [2.05, 4.69) is 11.9 Å². The summed E-state index contributed by atoms with van der Waals surface area (Å²) in [5, 5.41) is 0.484. The number of fused-ring (bicyclic) bond motifs is 1. The third kappa shape index (κ3) is 5.50. The molecule has 0 fully saturated rings. The highest BCUT2D eigenvalue weighted by Crippen LogP contribution is 2.32. The number of hydrogen-bond donors (Lipinski definition) is 0. The molecule has 0 saturated carbocycles. The van der Waals surface area contributed by atoms with Crippen molar-refractivity contribution in [2.24, 2.45) is 0 Å². The van der Waals surface area contributed by atoms with E-state index in [9.17, 15) is 18.0 Å². The molecule has 0 unspecified atom stereocenters. The summed E-state index contributed by atoms with van der Waals surface area (Å²) in [7, 11) is 3.75. The van der Waals surface area contributed by atoms with E-state index in [1.807, 2.05) is 37.2 Å². The van der Waals surface area contributed by atoms with E-state index >= 15 is 0 Å². The Balaban J connectivity index is 0.00000320. The highest BCUT2D eigenvalue weighted by atomic mass is 35.5. The van der Waals surface area contributed by atoms with Crippen molar-refractivity contribution in [1.82, 2.24) is 9.88 Å². The van der Waals surface area contributed by atoms with E-state index in [1.54, 1.807) is 0 Å². The Labute approximate surface area is 183 Å². The van der Waals surface area contributed by atoms with Crippen molar-refractivity contribution >= 4 is 45.0 Å². The predicted octanol–water partition coefficient (Wildman–Crippen LogP) is 5.51. The standard InChI is InChI=1S/C21H22F3N3OS.ClH/c1-4-14-8-9-17-18(12-14)29-20(25-17)27(11-10-26(2)3)19(28)15-6-5-7-16(13-15)21(22,23)24;/h5-9,12-13H,4,10-11H2,1-3H3;1H. The molecule has 0 saturated heterocycles. The Kier molecular flexibility index (Phi) is 7.85. The van der Waals surface area contributed by atoms with Crippen LogP contribution in [0.4, 0.5) is 18.3 Å². The second-order valence-electron chi connectivity index (χ2n) is 6.99. The number of aryl methyl sites for hydroxylation is 1. The molecule has 0 atom stereocenters. The van der Waals surface area contributed by atoms with Crippen molar-refractivity contribution in [1.29, 1.82) is 0 Å². The lowest BCUT2D eigenvalue weighted by Crippen LogP contribution is -2.36. The average Bonchev–Trinajstić information content (AvgIpc) is 3.09. The second kappa shape index (κ2) is 9.76. The van der Waals surface area contributed by atoms with Crippen LogP contribution in [0.5, 0.6) is 0 Å². The molecule has 1 amide bonds. The van der Waals surface area contributed by atoms with Crippen molar-refractivity contribution in [3.8, 4) is 0 Å². The monoisotopic (exact) mass is 457 g/mol. The van der Waals surface area contributed by atoms with Crippen LogP contribution in [-0.4, -0.2) is 43.0 Å². The van der Waals surface area contributed by atoms with Gasteiger partial charge < -0.3 is 4.90 Å². The van der Waals surface area contributed by atoms with Crippen molar-refractivity contribution in [3.05, 3.63) is 59.2 Å². The van der Waals surface area contributed by atoms with E-state index in [4.69, 9.17) is 0 Å². The largest absolute Gasteiger partial charge is 0.416 e. The fraction of sp³-hybridized carbons (Fsp3) is 0.333. The molecule has 3 rings (SSSR count). The predicted molar refractivity (Wildman–Crippen MR) is 118 cm³/mol. The zero-order valence-electron chi connectivity index (χ0n) is 16.9. The Morgan fingerprint density at radius 3 is 2.47 bits per heavy atom. The van der Waals surface area contributed by atoms with E-state index in [1.165, 1.54) is 28.4 Å². The summed E-state index contributed by atoms with van der Waals surface area (Å²) in [6, 6.07) is 10.5. The van der Waals surface area contributed by atoms with Gasteiger partial charge in [0.1, 0.15) is 0 Å². The molecular weight excluding hydrogens is 435 g/mol. The normalized spacial score (nSPS) is 11.6. The first-order valence-electron chi connectivity index (χ1n) is 9.22. The van der Waals surface area contributed by atoms with Crippen LogP contribution in [0.2, 0.25) is 0 Å². The number of carbonyl (C=O) groups excluding carboxylic acids is 1. The summed E-state index contributed by atoms with van der Waals surface area (Å²) < 4.78 is 40.2. The number of halogens is 4. The number of alkyl halides is 3. The van der Waals surface area contributed by atoms with Crippen molar-refractivity contribution in [2.45, 2.75) is 19.5 Å². The molecule has 0 aliphatic rings. The topological polar surface area (TPSA) is 36.4 Å². The number of likely N-dealkylation sites (N-methyl/N-ethyl adjacent to an activating group) is 1. The maximum absolute atomic E-state index is 13.1. The Hall–Kier alpha value is -2.16. The maximum atomic E-state index is 13.1. The van der Waals surface area contributed by atoms with E-state index in [-0.39, 0.29) is 18.0 Å². The summed E-state index contributed by atoms with van der Waals surface area (Å²) >= 11 is 1.37. The van der Waals surface area contributed by atoms with Gasteiger partial charge in [-0.2, -0.15) is 13.2 Å². The van der Waals surface area contributed by atoms with Gasteiger partial charge >= 0.3 is 6.18 Å². The lowest BCUT2D eigenvalue weighted by Gasteiger charge is -2.22. The molecule has 0 bridgehead atoms. The Morgan fingerprint density at radius 2 is 1.83 bits per heavy atom. The van der Waals surface area contributed by atoms with Crippen molar-refractivity contribution in [3.63, 3.8) is 0 Å². The number of hydrogen-bond acceptors (Lipinski definition) is 4. The summed E-state index contributed by atoms with van der Waals surface area (Å²) in [4.78, 5) is 21.1. The summed E-state index contributed by atoms with van der Waals surface area (Å²) in [6.45, 7) is 2.94. The zero-order chi connectivity index (χ0) is 21.2. The molecule has 30 heavy (non-hydrogen) atoms. The average molecular weight is 458 g/mol. The minimum atomic E-state index is -4.50. The van der Waals surface area contributed by atoms with E-state index in [0.717, 1.165) is 34.3 Å². The van der Waals surface area contributed by atoms with Gasteiger partial charge in [-0.15, -0.1) is 12.4 Å². The highest BCUT2D eigenvalue weighted by Gasteiger charge is 2.31. The van der Waals surface area contributed by atoms with Crippen LogP contribution in [0.3, 0.4) is 0 Å². The molecule has 1 aromatic heterocycles. The van der Waals surface area contributed by atoms with Gasteiger partial charge in [0.25, 0.3) is 5.91 Å².